The van der Waals surface area contributed by atoms with Crippen LogP contribution in [0.2, 0.25) is 0 Å². The SMILES string of the molecule is COCCn1c(-c2cccc(C)c2F)nnc1S(=O)(=O)Cl. The van der Waals surface area contributed by atoms with E-state index in [-0.39, 0.29) is 24.5 Å². The van der Waals surface area contributed by atoms with Crippen LogP contribution in [0.4, 0.5) is 4.39 Å². The van der Waals surface area contributed by atoms with E-state index in [0.717, 1.165) is 0 Å². The fourth-order valence-electron chi connectivity index (χ4n) is 1.87. The highest BCUT2D eigenvalue weighted by molar-refractivity contribution is 8.13. The predicted octanol–water partition coefficient (Wildman–Crippen LogP) is 1.97. The summed E-state index contributed by atoms with van der Waals surface area (Å²) in [4.78, 5) is 0. The van der Waals surface area contributed by atoms with Crippen LogP contribution >= 0.6 is 10.7 Å². The van der Waals surface area contributed by atoms with Crippen molar-refractivity contribution >= 4 is 19.7 Å². The summed E-state index contributed by atoms with van der Waals surface area (Å²) in [6.45, 7) is 1.94. The molecule has 0 amide bonds. The Labute approximate surface area is 125 Å². The highest BCUT2D eigenvalue weighted by Gasteiger charge is 2.24. The highest BCUT2D eigenvalue weighted by Crippen LogP contribution is 2.26. The minimum absolute atomic E-state index is 0.0903. The van der Waals surface area contributed by atoms with Crippen LogP contribution in [0, 0.1) is 12.7 Å². The molecule has 1 heterocycles. The normalized spacial score (nSPS) is 11.8. The van der Waals surface area contributed by atoms with Gasteiger partial charge in [-0.3, -0.25) is 4.57 Å². The Morgan fingerprint density at radius 1 is 1.38 bits per heavy atom. The van der Waals surface area contributed by atoms with Crippen molar-refractivity contribution in [2.45, 2.75) is 18.6 Å². The minimum atomic E-state index is -4.09. The average molecular weight is 334 g/mol. The van der Waals surface area contributed by atoms with E-state index < -0.39 is 20.0 Å². The van der Waals surface area contributed by atoms with Crippen LogP contribution in [0.25, 0.3) is 11.4 Å². The molecule has 0 spiro atoms. The van der Waals surface area contributed by atoms with Crippen molar-refractivity contribution in [3.8, 4) is 11.4 Å². The Kier molecular flexibility index (Phi) is 4.60. The number of aryl methyl sites for hydroxylation is 1. The quantitative estimate of drug-likeness (QED) is 0.782. The van der Waals surface area contributed by atoms with Crippen molar-refractivity contribution in [3.63, 3.8) is 0 Å². The Balaban J connectivity index is 2.64. The molecule has 114 valence electrons. The molecule has 0 atom stereocenters. The summed E-state index contributed by atoms with van der Waals surface area (Å²) in [5.41, 5.74) is 0.578. The zero-order valence-corrected chi connectivity index (χ0v) is 12.9. The largest absolute Gasteiger partial charge is 0.383 e. The number of benzene rings is 1. The molecule has 1 aromatic carbocycles. The number of hydrogen-bond acceptors (Lipinski definition) is 5. The van der Waals surface area contributed by atoms with E-state index in [9.17, 15) is 12.8 Å². The number of nitrogens with zero attached hydrogens (tertiary/aromatic N) is 3. The van der Waals surface area contributed by atoms with E-state index in [4.69, 9.17) is 15.4 Å². The summed E-state index contributed by atoms with van der Waals surface area (Å²) in [7, 11) is 2.70. The van der Waals surface area contributed by atoms with Crippen LogP contribution < -0.4 is 0 Å². The predicted molar refractivity (Wildman–Crippen MR) is 75.1 cm³/mol. The van der Waals surface area contributed by atoms with Crippen LogP contribution in [0.1, 0.15) is 5.56 Å². The first-order valence-electron chi connectivity index (χ1n) is 5.98. The van der Waals surface area contributed by atoms with Gasteiger partial charge in [0.2, 0.25) is 0 Å². The van der Waals surface area contributed by atoms with Gasteiger partial charge in [0, 0.05) is 17.8 Å². The molecule has 0 aliphatic carbocycles. The number of rotatable bonds is 5. The maximum atomic E-state index is 14.2. The average Bonchev–Trinajstić information content (AvgIpc) is 2.83. The number of aromatic nitrogens is 3. The Morgan fingerprint density at radius 3 is 2.71 bits per heavy atom. The van der Waals surface area contributed by atoms with E-state index in [0.29, 0.717) is 5.56 Å². The monoisotopic (exact) mass is 333 g/mol. The van der Waals surface area contributed by atoms with E-state index in [1.54, 1.807) is 19.1 Å². The Bertz CT molecular complexity index is 761. The first kappa shape index (κ1) is 15.9. The van der Waals surface area contributed by atoms with Crippen molar-refractivity contribution in [3.05, 3.63) is 29.6 Å². The third-order valence-electron chi connectivity index (χ3n) is 2.89. The molecule has 2 aromatic rings. The molecule has 0 N–H and O–H groups in total. The maximum absolute atomic E-state index is 14.2. The molecule has 6 nitrogen and oxygen atoms in total. The molecule has 0 unspecified atom stereocenters. The van der Waals surface area contributed by atoms with Crippen LogP contribution in [-0.2, 0) is 20.3 Å². The van der Waals surface area contributed by atoms with Gasteiger partial charge in [0.05, 0.1) is 18.7 Å². The van der Waals surface area contributed by atoms with E-state index in [2.05, 4.69) is 10.2 Å². The number of hydrogen-bond donors (Lipinski definition) is 0. The second-order valence-electron chi connectivity index (χ2n) is 4.32. The van der Waals surface area contributed by atoms with Crippen molar-refractivity contribution in [1.82, 2.24) is 14.8 Å². The third kappa shape index (κ3) is 3.22. The van der Waals surface area contributed by atoms with Gasteiger partial charge in [0.15, 0.2) is 5.82 Å². The summed E-state index contributed by atoms with van der Waals surface area (Å²) in [5, 5.41) is 6.89. The number of methoxy groups -OCH3 is 1. The standard InChI is InChI=1S/C12H13ClFN3O3S/c1-8-4-3-5-9(10(8)14)11-15-16-12(21(13,18)19)17(11)6-7-20-2/h3-5H,6-7H2,1-2H3. The van der Waals surface area contributed by atoms with Gasteiger partial charge in [-0.1, -0.05) is 12.1 Å². The smallest absolute Gasteiger partial charge is 0.296 e. The lowest BCUT2D eigenvalue weighted by Gasteiger charge is -2.09. The van der Waals surface area contributed by atoms with Crippen molar-refractivity contribution < 1.29 is 17.5 Å². The van der Waals surface area contributed by atoms with Crippen LogP contribution in [-0.4, -0.2) is 36.9 Å². The van der Waals surface area contributed by atoms with Gasteiger partial charge in [-0.15, -0.1) is 10.2 Å². The van der Waals surface area contributed by atoms with Gasteiger partial charge in [0.1, 0.15) is 5.82 Å². The molecule has 0 radical (unpaired) electrons. The van der Waals surface area contributed by atoms with Crippen LogP contribution in [0.3, 0.4) is 0 Å². The van der Waals surface area contributed by atoms with E-state index in [1.807, 2.05) is 0 Å². The number of halogens is 2. The molecular formula is C12H13ClFN3O3S. The summed E-state index contributed by atoms with van der Waals surface area (Å²) in [6, 6.07) is 4.76. The zero-order valence-electron chi connectivity index (χ0n) is 11.4. The molecular weight excluding hydrogens is 321 g/mol. The van der Waals surface area contributed by atoms with Gasteiger partial charge < -0.3 is 4.74 Å². The molecule has 0 aliphatic heterocycles. The fraction of sp³-hybridized carbons (Fsp3) is 0.333. The van der Waals surface area contributed by atoms with Crippen LogP contribution in [0.5, 0.6) is 0 Å². The van der Waals surface area contributed by atoms with Gasteiger partial charge in [-0.05, 0) is 18.6 Å². The van der Waals surface area contributed by atoms with Crippen molar-refractivity contribution in [1.29, 1.82) is 0 Å². The molecule has 0 aliphatic rings. The summed E-state index contributed by atoms with van der Waals surface area (Å²) in [6.07, 6.45) is 0. The molecule has 0 fully saturated rings. The molecule has 9 heteroatoms. The van der Waals surface area contributed by atoms with Crippen molar-refractivity contribution in [2.75, 3.05) is 13.7 Å². The second kappa shape index (κ2) is 6.08. The molecule has 21 heavy (non-hydrogen) atoms. The topological polar surface area (TPSA) is 74.1 Å². The van der Waals surface area contributed by atoms with Gasteiger partial charge in [-0.2, -0.15) is 0 Å². The summed E-state index contributed by atoms with van der Waals surface area (Å²) >= 11 is 0. The first-order chi connectivity index (χ1) is 9.86. The molecule has 2 rings (SSSR count). The fourth-order valence-corrected chi connectivity index (χ4v) is 2.79. The van der Waals surface area contributed by atoms with Crippen LogP contribution in [0.15, 0.2) is 23.4 Å². The summed E-state index contributed by atoms with van der Waals surface area (Å²) in [5.74, 6) is -0.394. The van der Waals surface area contributed by atoms with E-state index in [1.165, 1.54) is 17.7 Å². The third-order valence-corrected chi connectivity index (χ3v) is 4.04. The molecule has 1 aromatic heterocycles. The second-order valence-corrected chi connectivity index (χ2v) is 6.78. The Hall–Kier alpha value is -1.51. The lowest BCUT2D eigenvalue weighted by molar-refractivity contribution is 0.185. The van der Waals surface area contributed by atoms with E-state index >= 15 is 0 Å². The number of ether oxygens (including phenoxy) is 1. The molecule has 0 bridgehead atoms. The molecule has 0 saturated heterocycles. The summed E-state index contributed by atoms with van der Waals surface area (Å²) < 4.78 is 43.4. The van der Waals surface area contributed by atoms with Gasteiger partial charge >= 0.3 is 0 Å². The Morgan fingerprint density at radius 2 is 2.10 bits per heavy atom. The van der Waals surface area contributed by atoms with Gasteiger partial charge in [-0.25, -0.2) is 12.8 Å². The highest BCUT2D eigenvalue weighted by atomic mass is 35.7. The van der Waals surface area contributed by atoms with Crippen molar-refractivity contribution in [2.24, 2.45) is 0 Å². The lowest BCUT2D eigenvalue weighted by Crippen LogP contribution is -2.12. The molecule has 0 saturated carbocycles. The maximum Gasteiger partial charge on any atom is 0.296 e. The zero-order chi connectivity index (χ0) is 15.6. The first-order valence-corrected chi connectivity index (χ1v) is 8.29. The van der Waals surface area contributed by atoms with Gasteiger partial charge in [0.25, 0.3) is 14.2 Å². The minimum Gasteiger partial charge on any atom is -0.383 e. The lowest BCUT2D eigenvalue weighted by atomic mass is 10.1.